The van der Waals surface area contributed by atoms with Crippen LogP contribution in [0.15, 0.2) is 29.7 Å². The summed E-state index contributed by atoms with van der Waals surface area (Å²) in [6.07, 6.45) is 7.19. The third-order valence-corrected chi connectivity index (χ3v) is 2.93. The summed E-state index contributed by atoms with van der Waals surface area (Å²) in [5, 5.41) is 2.15. The van der Waals surface area contributed by atoms with Crippen LogP contribution in [0.4, 0.5) is 0 Å². The first-order chi connectivity index (χ1) is 4.97. The van der Waals surface area contributed by atoms with Gasteiger partial charge in [-0.15, -0.1) is 11.3 Å². The number of allylic oxidation sites excluding steroid dienone is 2. The minimum absolute atomic E-state index is 0.736. The summed E-state index contributed by atoms with van der Waals surface area (Å²) in [5.74, 6) is 0.736. The Labute approximate surface area is 65.2 Å². The van der Waals surface area contributed by atoms with E-state index in [0.29, 0.717) is 0 Å². The molecule has 0 amide bonds. The van der Waals surface area contributed by atoms with Crippen molar-refractivity contribution in [1.82, 2.24) is 0 Å². The van der Waals surface area contributed by atoms with E-state index in [4.69, 9.17) is 0 Å². The lowest BCUT2D eigenvalue weighted by atomic mass is 10.1. The summed E-state index contributed by atoms with van der Waals surface area (Å²) in [4.78, 5) is 1.52. The molecule has 0 saturated heterocycles. The zero-order valence-electron chi connectivity index (χ0n) is 5.79. The Bertz CT molecular complexity index is 221. The van der Waals surface area contributed by atoms with Gasteiger partial charge in [-0.05, 0) is 24.3 Å². The van der Waals surface area contributed by atoms with Crippen molar-refractivity contribution in [3.8, 4) is 0 Å². The van der Waals surface area contributed by atoms with E-state index >= 15 is 0 Å². The minimum Gasteiger partial charge on any atom is -0.148 e. The zero-order chi connectivity index (χ0) is 6.81. The van der Waals surface area contributed by atoms with Crippen LogP contribution >= 0.6 is 11.3 Å². The molecule has 10 heavy (non-hydrogen) atoms. The maximum absolute atomic E-state index is 2.33. The van der Waals surface area contributed by atoms with E-state index in [-0.39, 0.29) is 0 Å². The fraction of sp³-hybridized carbons (Fsp3) is 0.333. The molecule has 0 radical (unpaired) electrons. The highest BCUT2D eigenvalue weighted by molar-refractivity contribution is 7.10. The maximum atomic E-state index is 2.33. The molecule has 1 heterocycles. The van der Waals surface area contributed by atoms with Gasteiger partial charge in [0, 0.05) is 10.8 Å². The number of hydrogen-bond donors (Lipinski definition) is 0. The molecule has 0 bridgehead atoms. The predicted molar refractivity (Wildman–Crippen MR) is 45.4 cm³/mol. The van der Waals surface area contributed by atoms with E-state index in [2.05, 4.69) is 29.7 Å². The van der Waals surface area contributed by atoms with Gasteiger partial charge in [0.2, 0.25) is 0 Å². The summed E-state index contributed by atoms with van der Waals surface area (Å²) in [6.45, 7) is 0. The van der Waals surface area contributed by atoms with Crippen molar-refractivity contribution in [2.75, 3.05) is 0 Å². The molecule has 1 aromatic heterocycles. The Balaban J connectivity index is 2.20. The van der Waals surface area contributed by atoms with Crippen molar-refractivity contribution >= 4 is 11.3 Å². The van der Waals surface area contributed by atoms with Crippen molar-refractivity contribution in [3.05, 3.63) is 34.5 Å². The molecule has 0 aromatic carbocycles. The van der Waals surface area contributed by atoms with E-state index < -0.39 is 0 Å². The minimum atomic E-state index is 0.736. The van der Waals surface area contributed by atoms with Crippen LogP contribution in [0.1, 0.15) is 23.6 Å². The van der Waals surface area contributed by atoms with Gasteiger partial charge in [0.25, 0.3) is 0 Å². The molecule has 1 heteroatoms. The fourth-order valence-corrected chi connectivity index (χ4v) is 2.21. The largest absolute Gasteiger partial charge is 0.148 e. The highest BCUT2D eigenvalue weighted by Crippen LogP contribution is 2.30. The van der Waals surface area contributed by atoms with Crippen molar-refractivity contribution in [2.24, 2.45) is 0 Å². The van der Waals surface area contributed by atoms with E-state index in [1.165, 1.54) is 17.7 Å². The maximum Gasteiger partial charge on any atom is 0.0115 e. The molecule has 0 saturated carbocycles. The van der Waals surface area contributed by atoms with Crippen LogP contribution in [0.3, 0.4) is 0 Å². The van der Waals surface area contributed by atoms with Gasteiger partial charge >= 0.3 is 0 Å². The van der Waals surface area contributed by atoms with E-state index in [0.717, 1.165) is 5.92 Å². The topological polar surface area (TPSA) is 0 Å². The highest BCUT2D eigenvalue weighted by atomic mass is 32.1. The molecule has 1 aliphatic rings. The second kappa shape index (κ2) is 2.59. The van der Waals surface area contributed by atoms with Gasteiger partial charge in [-0.1, -0.05) is 18.2 Å². The predicted octanol–water partition coefficient (Wildman–Crippen LogP) is 3.18. The molecule has 52 valence electrons. The summed E-state index contributed by atoms with van der Waals surface area (Å²) in [6, 6.07) is 4.36. The van der Waals surface area contributed by atoms with Gasteiger partial charge in [0.15, 0.2) is 0 Å². The zero-order valence-corrected chi connectivity index (χ0v) is 6.60. The Morgan fingerprint density at radius 1 is 1.50 bits per heavy atom. The Kier molecular flexibility index (Phi) is 1.60. The van der Waals surface area contributed by atoms with Crippen LogP contribution in [0.25, 0.3) is 0 Å². The van der Waals surface area contributed by atoms with E-state index in [1.54, 1.807) is 0 Å². The quantitative estimate of drug-likeness (QED) is 0.539. The summed E-state index contributed by atoms with van der Waals surface area (Å²) in [5.41, 5.74) is 0. The van der Waals surface area contributed by atoms with E-state index in [1.807, 2.05) is 11.3 Å². The third kappa shape index (κ3) is 1.01. The van der Waals surface area contributed by atoms with Crippen molar-refractivity contribution < 1.29 is 0 Å². The van der Waals surface area contributed by atoms with Crippen LogP contribution in [0.2, 0.25) is 0 Å². The van der Waals surface area contributed by atoms with Crippen LogP contribution < -0.4 is 0 Å². The van der Waals surface area contributed by atoms with Gasteiger partial charge in [0.05, 0.1) is 0 Å². The summed E-state index contributed by atoms with van der Waals surface area (Å²) < 4.78 is 0. The number of thiophene rings is 1. The highest BCUT2D eigenvalue weighted by Gasteiger charge is 2.11. The number of hydrogen-bond acceptors (Lipinski definition) is 1. The van der Waals surface area contributed by atoms with Gasteiger partial charge < -0.3 is 0 Å². The first kappa shape index (κ1) is 6.17. The Morgan fingerprint density at radius 2 is 2.50 bits per heavy atom. The molecule has 1 aliphatic carbocycles. The molecule has 0 aliphatic heterocycles. The molecule has 0 spiro atoms. The fourth-order valence-electron chi connectivity index (χ4n) is 1.37. The smallest absolute Gasteiger partial charge is 0.0115 e. The van der Waals surface area contributed by atoms with Crippen LogP contribution in [0, 0.1) is 0 Å². The van der Waals surface area contributed by atoms with Crippen molar-refractivity contribution in [1.29, 1.82) is 0 Å². The molecule has 0 fully saturated rings. The SMILES string of the molecule is C1=CC(c2cccs2)CC1. The average Bonchev–Trinajstić information content (AvgIpc) is 2.59. The average molecular weight is 150 g/mol. The first-order valence-electron chi connectivity index (χ1n) is 3.67. The molecular weight excluding hydrogens is 140 g/mol. The monoisotopic (exact) mass is 150 g/mol. The lowest BCUT2D eigenvalue weighted by molar-refractivity contribution is 0.815. The van der Waals surface area contributed by atoms with Gasteiger partial charge in [-0.2, -0.15) is 0 Å². The molecule has 1 aromatic rings. The Hall–Kier alpha value is -0.560. The van der Waals surface area contributed by atoms with Crippen molar-refractivity contribution in [2.45, 2.75) is 18.8 Å². The van der Waals surface area contributed by atoms with Crippen LogP contribution in [-0.4, -0.2) is 0 Å². The lowest BCUT2D eigenvalue weighted by Crippen LogP contribution is -1.83. The second-order valence-electron chi connectivity index (χ2n) is 2.63. The Morgan fingerprint density at radius 3 is 3.10 bits per heavy atom. The summed E-state index contributed by atoms with van der Waals surface area (Å²) in [7, 11) is 0. The number of rotatable bonds is 1. The van der Waals surface area contributed by atoms with Gasteiger partial charge in [0.1, 0.15) is 0 Å². The van der Waals surface area contributed by atoms with Crippen molar-refractivity contribution in [3.63, 3.8) is 0 Å². The van der Waals surface area contributed by atoms with E-state index in [9.17, 15) is 0 Å². The summed E-state index contributed by atoms with van der Waals surface area (Å²) >= 11 is 1.87. The molecular formula is C9H10S. The normalized spacial score (nSPS) is 23.8. The molecule has 0 nitrogen and oxygen atoms in total. The van der Waals surface area contributed by atoms with Crippen LogP contribution in [-0.2, 0) is 0 Å². The first-order valence-corrected chi connectivity index (χ1v) is 4.55. The van der Waals surface area contributed by atoms with Gasteiger partial charge in [-0.3, -0.25) is 0 Å². The third-order valence-electron chi connectivity index (χ3n) is 1.92. The molecule has 1 unspecified atom stereocenters. The molecule has 2 rings (SSSR count). The standard InChI is InChI=1S/C9H10S/c1-2-5-8(4-1)9-6-3-7-10-9/h1,3-4,6-8H,2,5H2. The second-order valence-corrected chi connectivity index (χ2v) is 3.61. The lowest BCUT2D eigenvalue weighted by Gasteiger charge is -2.01. The van der Waals surface area contributed by atoms with Gasteiger partial charge in [-0.25, -0.2) is 0 Å². The molecule has 1 atom stereocenters. The molecule has 0 N–H and O–H groups in total. The van der Waals surface area contributed by atoms with Crippen LogP contribution in [0.5, 0.6) is 0 Å².